The van der Waals surface area contributed by atoms with Crippen LogP contribution in [-0.2, 0) is 17.6 Å². The Labute approximate surface area is 218 Å². The summed E-state index contributed by atoms with van der Waals surface area (Å²) in [6.07, 6.45) is 16.7. The van der Waals surface area contributed by atoms with E-state index in [1.165, 1.54) is 76.2 Å². The van der Waals surface area contributed by atoms with Crippen molar-refractivity contribution in [3.05, 3.63) is 59.2 Å². The van der Waals surface area contributed by atoms with Crippen molar-refractivity contribution < 1.29 is 13.5 Å². The summed E-state index contributed by atoms with van der Waals surface area (Å²) in [6, 6.07) is 11.7. The van der Waals surface area contributed by atoms with Gasteiger partial charge in [0.1, 0.15) is 0 Å². The number of aryl methyl sites for hydroxylation is 2. The molecule has 2 aliphatic rings. The summed E-state index contributed by atoms with van der Waals surface area (Å²) in [5.74, 6) is 1.72. The normalized spacial score (nSPS) is 24.7. The van der Waals surface area contributed by atoms with Crippen LogP contribution >= 0.6 is 0 Å². The first-order chi connectivity index (χ1) is 17.6. The molecule has 2 fully saturated rings. The molecular formula is C33H46F2O. The number of hydrogen-bond donors (Lipinski definition) is 0. The van der Waals surface area contributed by atoms with Gasteiger partial charge in [0.2, 0.25) is 0 Å². The molecule has 0 unspecified atom stereocenters. The smallest absolute Gasteiger partial charge is 0.166 e. The van der Waals surface area contributed by atoms with Gasteiger partial charge < -0.3 is 4.74 Å². The summed E-state index contributed by atoms with van der Waals surface area (Å²) in [4.78, 5) is 0. The van der Waals surface area contributed by atoms with Crippen LogP contribution in [0.4, 0.5) is 8.78 Å². The summed E-state index contributed by atoms with van der Waals surface area (Å²) >= 11 is 0. The number of rotatable bonds is 11. The standard InChI is InChI=1S/C33H46F2O/c1-3-4-24-5-7-26(8-6-24)17-20-30-21-22-31(33(35)32(30)34)29-18-15-27(16-19-29)10-9-25-11-13-28(14-12-25)23-36-2/h15-16,18-19,21-22,24-26,28H,3-14,17,20,23H2,1-2H3. The van der Waals surface area contributed by atoms with Crippen LogP contribution in [0.1, 0.15) is 95.1 Å². The van der Waals surface area contributed by atoms with Gasteiger partial charge in [-0.1, -0.05) is 94.7 Å². The predicted molar refractivity (Wildman–Crippen MR) is 146 cm³/mol. The topological polar surface area (TPSA) is 9.23 Å². The molecule has 2 saturated carbocycles. The summed E-state index contributed by atoms with van der Waals surface area (Å²) in [5.41, 5.74) is 2.95. The first-order valence-corrected chi connectivity index (χ1v) is 14.6. The maximum Gasteiger partial charge on any atom is 0.166 e. The largest absolute Gasteiger partial charge is 0.384 e. The maximum absolute atomic E-state index is 15.0. The van der Waals surface area contributed by atoms with Gasteiger partial charge in [-0.2, -0.15) is 0 Å². The Morgan fingerprint density at radius 1 is 0.667 bits per heavy atom. The van der Waals surface area contributed by atoms with E-state index in [1.807, 2.05) is 18.2 Å². The van der Waals surface area contributed by atoms with Crippen molar-refractivity contribution in [3.8, 4) is 11.1 Å². The summed E-state index contributed by atoms with van der Waals surface area (Å²) < 4.78 is 35.3. The van der Waals surface area contributed by atoms with E-state index >= 15 is 4.39 Å². The lowest BCUT2D eigenvalue weighted by Gasteiger charge is -2.28. The molecule has 0 bridgehead atoms. The van der Waals surface area contributed by atoms with Gasteiger partial charge >= 0.3 is 0 Å². The quantitative estimate of drug-likeness (QED) is 0.301. The first-order valence-electron chi connectivity index (χ1n) is 14.6. The second kappa shape index (κ2) is 13.7. The van der Waals surface area contributed by atoms with Gasteiger partial charge in [-0.15, -0.1) is 0 Å². The number of hydrogen-bond acceptors (Lipinski definition) is 1. The third-order valence-electron chi connectivity index (χ3n) is 9.12. The van der Waals surface area contributed by atoms with Gasteiger partial charge in [0.15, 0.2) is 11.6 Å². The van der Waals surface area contributed by atoms with Crippen LogP contribution in [0.15, 0.2) is 36.4 Å². The minimum Gasteiger partial charge on any atom is -0.384 e. The Morgan fingerprint density at radius 2 is 1.22 bits per heavy atom. The lowest BCUT2D eigenvalue weighted by atomic mass is 9.78. The van der Waals surface area contributed by atoms with Crippen LogP contribution in [-0.4, -0.2) is 13.7 Å². The van der Waals surface area contributed by atoms with Crippen LogP contribution in [0, 0.1) is 35.3 Å². The third-order valence-corrected chi connectivity index (χ3v) is 9.12. The van der Waals surface area contributed by atoms with Crippen molar-refractivity contribution in [2.24, 2.45) is 23.7 Å². The number of benzene rings is 2. The molecular weight excluding hydrogens is 450 g/mol. The Morgan fingerprint density at radius 3 is 1.81 bits per heavy atom. The van der Waals surface area contributed by atoms with E-state index in [0.29, 0.717) is 23.5 Å². The molecule has 0 radical (unpaired) electrons. The number of halogens is 2. The molecule has 0 N–H and O–H groups in total. The van der Waals surface area contributed by atoms with Crippen molar-refractivity contribution in [2.75, 3.05) is 13.7 Å². The van der Waals surface area contributed by atoms with E-state index in [-0.39, 0.29) is 0 Å². The molecule has 0 saturated heterocycles. The van der Waals surface area contributed by atoms with Gasteiger partial charge in [0.25, 0.3) is 0 Å². The maximum atomic E-state index is 15.0. The third kappa shape index (κ3) is 7.40. The minimum atomic E-state index is -0.695. The Balaban J connectivity index is 1.27. The van der Waals surface area contributed by atoms with E-state index in [2.05, 4.69) is 19.1 Å². The second-order valence-corrected chi connectivity index (χ2v) is 11.7. The van der Waals surface area contributed by atoms with Crippen LogP contribution in [0.5, 0.6) is 0 Å². The van der Waals surface area contributed by atoms with Gasteiger partial charge in [-0.25, -0.2) is 8.78 Å². The Hall–Kier alpha value is -1.74. The molecule has 0 atom stereocenters. The van der Waals surface area contributed by atoms with Crippen LogP contribution < -0.4 is 0 Å². The highest BCUT2D eigenvalue weighted by molar-refractivity contribution is 5.65. The van der Waals surface area contributed by atoms with Crippen LogP contribution in [0.3, 0.4) is 0 Å². The molecule has 0 amide bonds. The monoisotopic (exact) mass is 496 g/mol. The van der Waals surface area contributed by atoms with Gasteiger partial charge in [-0.05, 0) is 78.9 Å². The average molecular weight is 497 g/mol. The van der Waals surface area contributed by atoms with E-state index in [1.54, 1.807) is 13.2 Å². The fraction of sp³-hybridized carbons (Fsp3) is 0.636. The van der Waals surface area contributed by atoms with Crippen LogP contribution in [0.25, 0.3) is 11.1 Å². The zero-order valence-corrected chi connectivity index (χ0v) is 22.5. The molecule has 36 heavy (non-hydrogen) atoms. The summed E-state index contributed by atoms with van der Waals surface area (Å²) in [5, 5.41) is 0. The molecule has 2 aromatic rings. The SMILES string of the molecule is CCCC1CCC(CCc2ccc(-c3ccc(CCC4CCC(COC)CC4)cc3)c(F)c2F)CC1. The van der Waals surface area contributed by atoms with Gasteiger partial charge in [0, 0.05) is 19.3 Å². The zero-order valence-electron chi connectivity index (χ0n) is 22.5. The van der Waals surface area contributed by atoms with Gasteiger partial charge in [0.05, 0.1) is 0 Å². The van der Waals surface area contributed by atoms with E-state index < -0.39 is 11.6 Å². The van der Waals surface area contributed by atoms with E-state index in [9.17, 15) is 4.39 Å². The summed E-state index contributed by atoms with van der Waals surface area (Å²) in [6.45, 7) is 3.16. The Bertz CT molecular complexity index is 921. The molecule has 0 heterocycles. The van der Waals surface area contributed by atoms with Crippen molar-refractivity contribution in [1.29, 1.82) is 0 Å². The number of methoxy groups -OCH3 is 1. The molecule has 2 aliphatic carbocycles. The van der Waals surface area contributed by atoms with Crippen molar-refractivity contribution >= 4 is 0 Å². The fourth-order valence-corrected chi connectivity index (χ4v) is 6.73. The van der Waals surface area contributed by atoms with E-state index in [4.69, 9.17) is 4.74 Å². The highest BCUT2D eigenvalue weighted by Gasteiger charge is 2.23. The summed E-state index contributed by atoms with van der Waals surface area (Å²) in [7, 11) is 1.80. The van der Waals surface area contributed by atoms with Gasteiger partial charge in [-0.3, -0.25) is 0 Å². The zero-order chi connectivity index (χ0) is 25.3. The predicted octanol–water partition coefficient (Wildman–Crippen LogP) is 9.56. The molecule has 4 rings (SSSR count). The highest BCUT2D eigenvalue weighted by atomic mass is 19.2. The van der Waals surface area contributed by atoms with Crippen molar-refractivity contribution in [3.63, 3.8) is 0 Å². The Kier molecular flexibility index (Phi) is 10.4. The van der Waals surface area contributed by atoms with Crippen LogP contribution in [0.2, 0.25) is 0 Å². The number of ether oxygens (including phenoxy) is 1. The molecule has 198 valence electrons. The first kappa shape index (κ1) is 27.3. The molecule has 3 heteroatoms. The highest BCUT2D eigenvalue weighted by Crippen LogP contribution is 2.35. The molecule has 0 aromatic heterocycles. The molecule has 0 aliphatic heterocycles. The van der Waals surface area contributed by atoms with Crippen molar-refractivity contribution in [2.45, 2.75) is 96.8 Å². The van der Waals surface area contributed by atoms with E-state index in [0.717, 1.165) is 42.8 Å². The minimum absolute atomic E-state index is 0.374. The molecule has 1 nitrogen and oxygen atoms in total. The fourth-order valence-electron chi connectivity index (χ4n) is 6.73. The lowest BCUT2D eigenvalue weighted by molar-refractivity contribution is 0.117. The molecule has 2 aromatic carbocycles. The lowest BCUT2D eigenvalue weighted by Crippen LogP contribution is -2.18. The molecule has 0 spiro atoms. The second-order valence-electron chi connectivity index (χ2n) is 11.7. The van der Waals surface area contributed by atoms with Crippen molar-refractivity contribution in [1.82, 2.24) is 0 Å². The average Bonchev–Trinajstić information content (AvgIpc) is 2.91.